The van der Waals surface area contributed by atoms with Crippen molar-refractivity contribution < 1.29 is 26.3 Å². The van der Waals surface area contributed by atoms with Crippen LogP contribution in [0.3, 0.4) is 0 Å². The molecular formula is C14H17F3N4O3S. The van der Waals surface area contributed by atoms with Gasteiger partial charge in [-0.1, -0.05) is 5.10 Å². The third-order valence-electron chi connectivity index (χ3n) is 3.46. The minimum Gasteiger partial charge on any atom is -0.467 e. The summed E-state index contributed by atoms with van der Waals surface area (Å²) in [5.41, 5.74) is -0.921. The Morgan fingerprint density at radius 3 is 2.32 bits per heavy atom. The van der Waals surface area contributed by atoms with Gasteiger partial charge in [-0.25, -0.2) is 13.1 Å². The fourth-order valence-corrected chi connectivity index (χ4v) is 3.45. The second kappa shape index (κ2) is 7.00. The summed E-state index contributed by atoms with van der Waals surface area (Å²) in [4.78, 5) is -0.276. The van der Waals surface area contributed by atoms with E-state index in [1.165, 1.54) is 7.11 Å². The molecule has 0 bridgehead atoms. The number of nitrogens with zero attached hydrogens (tertiary/aromatic N) is 3. The Hall–Kier alpha value is -2.14. The van der Waals surface area contributed by atoms with Crippen LogP contribution in [0.4, 0.5) is 13.2 Å². The SMILES string of the molecule is CCn1c(OC)nnc1[C@@H](C)NS(=O)(=O)c1ccc(C(F)(F)F)cc1. The fraction of sp³-hybridized carbons (Fsp3) is 0.429. The number of hydrogen-bond acceptors (Lipinski definition) is 5. The first kappa shape index (κ1) is 19.2. The third-order valence-corrected chi connectivity index (χ3v) is 5.01. The number of halogens is 3. The number of hydrogen-bond donors (Lipinski definition) is 1. The lowest BCUT2D eigenvalue weighted by molar-refractivity contribution is -0.137. The van der Waals surface area contributed by atoms with Gasteiger partial charge in [-0.15, -0.1) is 5.10 Å². The number of alkyl halides is 3. The van der Waals surface area contributed by atoms with Gasteiger partial charge in [0.25, 0.3) is 0 Å². The summed E-state index contributed by atoms with van der Waals surface area (Å²) < 4.78 is 71.4. The second-order valence-electron chi connectivity index (χ2n) is 5.15. The molecule has 0 amide bonds. The summed E-state index contributed by atoms with van der Waals surface area (Å²) in [7, 11) is -2.62. The van der Waals surface area contributed by atoms with Crippen molar-refractivity contribution in [2.75, 3.05) is 7.11 Å². The fourth-order valence-electron chi connectivity index (χ4n) is 2.25. The van der Waals surface area contributed by atoms with Crippen molar-refractivity contribution in [1.82, 2.24) is 19.5 Å². The van der Waals surface area contributed by atoms with Crippen LogP contribution in [-0.4, -0.2) is 30.3 Å². The highest BCUT2D eigenvalue weighted by molar-refractivity contribution is 7.89. The van der Waals surface area contributed by atoms with Crippen LogP contribution in [0.2, 0.25) is 0 Å². The standard InChI is InChI=1S/C14H17F3N4O3S/c1-4-21-12(18-19-13(21)24-3)9(2)20-25(22,23)11-7-5-10(6-8-11)14(15,16)17/h5-9,20H,4H2,1-3H3/t9-/m1/s1. The quantitative estimate of drug-likeness (QED) is 0.834. The zero-order valence-electron chi connectivity index (χ0n) is 13.7. The van der Waals surface area contributed by atoms with Crippen molar-refractivity contribution in [3.63, 3.8) is 0 Å². The first-order chi connectivity index (χ1) is 11.6. The van der Waals surface area contributed by atoms with Gasteiger partial charge in [0.15, 0.2) is 5.82 Å². The number of benzene rings is 1. The third kappa shape index (κ3) is 4.10. The molecule has 0 aliphatic carbocycles. The molecule has 0 fully saturated rings. The van der Waals surface area contributed by atoms with Crippen LogP contribution in [0.1, 0.15) is 31.3 Å². The zero-order valence-corrected chi connectivity index (χ0v) is 14.5. The van der Waals surface area contributed by atoms with Crippen LogP contribution in [0, 0.1) is 0 Å². The molecule has 2 rings (SSSR count). The molecule has 0 saturated heterocycles. The summed E-state index contributed by atoms with van der Waals surface area (Å²) >= 11 is 0. The van der Waals surface area contributed by atoms with Crippen molar-refractivity contribution >= 4 is 10.0 Å². The molecule has 1 atom stereocenters. The summed E-state index contributed by atoms with van der Waals surface area (Å²) in [6.07, 6.45) is -4.53. The second-order valence-corrected chi connectivity index (χ2v) is 6.87. The summed E-state index contributed by atoms with van der Waals surface area (Å²) in [5, 5.41) is 7.69. The first-order valence-corrected chi connectivity index (χ1v) is 8.75. The number of ether oxygens (including phenoxy) is 1. The van der Waals surface area contributed by atoms with E-state index in [1.807, 2.05) is 6.92 Å². The van der Waals surface area contributed by atoms with Gasteiger partial charge >= 0.3 is 12.2 Å². The monoisotopic (exact) mass is 378 g/mol. The molecule has 0 aliphatic rings. The summed E-state index contributed by atoms with van der Waals surface area (Å²) in [6.45, 7) is 3.82. The number of methoxy groups -OCH3 is 1. The van der Waals surface area contributed by atoms with Crippen LogP contribution in [-0.2, 0) is 22.7 Å². The van der Waals surface area contributed by atoms with Crippen LogP contribution < -0.4 is 9.46 Å². The summed E-state index contributed by atoms with van der Waals surface area (Å²) in [5.74, 6) is 0.329. The van der Waals surface area contributed by atoms with Gasteiger partial charge in [-0.3, -0.25) is 4.57 Å². The minimum atomic E-state index is -4.53. The lowest BCUT2D eigenvalue weighted by Crippen LogP contribution is -2.29. The van der Waals surface area contributed by atoms with Crippen molar-refractivity contribution in [2.45, 2.75) is 37.5 Å². The molecule has 138 valence electrons. The molecule has 0 unspecified atom stereocenters. The molecule has 11 heteroatoms. The molecule has 1 heterocycles. The molecule has 1 N–H and O–H groups in total. The van der Waals surface area contributed by atoms with E-state index < -0.39 is 27.8 Å². The average Bonchev–Trinajstić information content (AvgIpc) is 2.96. The van der Waals surface area contributed by atoms with E-state index in [9.17, 15) is 21.6 Å². The van der Waals surface area contributed by atoms with E-state index in [1.54, 1.807) is 11.5 Å². The van der Waals surface area contributed by atoms with Gasteiger partial charge < -0.3 is 4.74 Å². The normalized spacial score (nSPS) is 13.7. The maximum Gasteiger partial charge on any atom is 0.416 e. The van der Waals surface area contributed by atoms with Crippen LogP contribution in [0.25, 0.3) is 0 Å². The van der Waals surface area contributed by atoms with Gasteiger partial charge in [-0.2, -0.15) is 13.2 Å². The number of sulfonamides is 1. The Labute approximate surface area is 142 Å². The molecule has 25 heavy (non-hydrogen) atoms. The van der Waals surface area contributed by atoms with E-state index in [2.05, 4.69) is 14.9 Å². The molecule has 0 saturated carbocycles. The molecular weight excluding hydrogens is 361 g/mol. The van der Waals surface area contributed by atoms with Crippen LogP contribution in [0.15, 0.2) is 29.2 Å². The van der Waals surface area contributed by atoms with Crippen LogP contribution >= 0.6 is 0 Å². The predicted molar refractivity (Wildman–Crippen MR) is 82.4 cm³/mol. The highest BCUT2D eigenvalue weighted by atomic mass is 32.2. The van der Waals surface area contributed by atoms with E-state index >= 15 is 0 Å². The molecule has 1 aromatic heterocycles. The molecule has 7 nitrogen and oxygen atoms in total. The van der Waals surface area contributed by atoms with E-state index in [4.69, 9.17) is 4.74 Å². The first-order valence-electron chi connectivity index (χ1n) is 7.26. The maximum absolute atomic E-state index is 12.6. The molecule has 2 aromatic rings. The van der Waals surface area contributed by atoms with Crippen molar-refractivity contribution in [3.05, 3.63) is 35.7 Å². The Kier molecular flexibility index (Phi) is 5.37. The Bertz CT molecular complexity index is 832. The topological polar surface area (TPSA) is 86.1 Å². The summed E-state index contributed by atoms with van der Waals surface area (Å²) in [6, 6.07) is 2.72. The highest BCUT2D eigenvalue weighted by Crippen LogP contribution is 2.30. The molecule has 0 radical (unpaired) electrons. The molecule has 1 aromatic carbocycles. The smallest absolute Gasteiger partial charge is 0.416 e. The predicted octanol–water partition coefficient (Wildman–Crippen LogP) is 2.36. The average molecular weight is 378 g/mol. The van der Waals surface area contributed by atoms with Gasteiger partial charge in [-0.05, 0) is 38.1 Å². The van der Waals surface area contributed by atoms with Crippen molar-refractivity contribution in [1.29, 1.82) is 0 Å². The van der Waals surface area contributed by atoms with E-state index in [0.717, 1.165) is 24.3 Å². The number of aromatic nitrogens is 3. The van der Waals surface area contributed by atoms with Crippen molar-refractivity contribution in [3.8, 4) is 6.01 Å². The Balaban J connectivity index is 2.25. The van der Waals surface area contributed by atoms with Crippen molar-refractivity contribution in [2.24, 2.45) is 0 Å². The zero-order chi connectivity index (χ0) is 18.8. The molecule has 0 spiro atoms. The van der Waals surface area contributed by atoms with E-state index in [-0.39, 0.29) is 10.9 Å². The molecule has 0 aliphatic heterocycles. The lowest BCUT2D eigenvalue weighted by Gasteiger charge is -2.15. The van der Waals surface area contributed by atoms with Gasteiger partial charge in [0.1, 0.15) is 0 Å². The highest BCUT2D eigenvalue weighted by Gasteiger charge is 2.31. The van der Waals surface area contributed by atoms with Crippen LogP contribution in [0.5, 0.6) is 6.01 Å². The number of rotatable bonds is 6. The number of nitrogens with one attached hydrogen (secondary N) is 1. The van der Waals surface area contributed by atoms with E-state index in [0.29, 0.717) is 12.4 Å². The van der Waals surface area contributed by atoms with Gasteiger partial charge in [0.2, 0.25) is 10.0 Å². The maximum atomic E-state index is 12.6. The van der Waals surface area contributed by atoms with Gasteiger partial charge in [0, 0.05) is 6.54 Å². The Morgan fingerprint density at radius 1 is 1.24 bits per heavy atom. The minimum absolute atomic E-state index is 0.234. The Morgan fingerprint density at radius 2 is 1.84 bits per heavy atom. The largest absolute Gasteiger partial charge is 0.467 e. The lowest BCUT2D eigenvalue weighted by atomic mass is 10.2. The van der Waals surface area contributed by atoms with Gasteiger partial charge in [0.05, 0.1) is 23.6 Å².